The fraction of sp³-hybridized carbons (Fsp3) is 0.200. The molecule has 0 aliphatic heterocycles. The number of aliphatic hydroxyl groups is 1. The van der Waals surface area contributed by atoms with Crippen LogP contribution in [0.1, 0.15) is 22.8 Å². The molecule has 7 heteroatoms. The van der Waals surface area contributed by atoms with E-state index >= 15 is 0 Å². The number of carbonyl (C=O) groups excluding carboxylic acids is 1. The largest absolute Gasteiger partial charge is 0.429 e. The Balaban J connectivity index is 1.74. The molecule has 114 valence electrons. The Morgan fingerprint density at radius 3 is 3.05 bits per heavy atom. The standard InChI is InChI=1S/C15H14N2O3S2/c1-15(19,10-4-5-22-7-10)8-16-13(18)9-2-3-11-12(6-9)20-14(21)17-11/h2-7,19H,8H2,1H3,(H,16,18)(H,17,21). The van der Waals surface area contributed by atoms with Gasteiger partial charge in [-0.1, -0.05) is 0 Å². The van der Waals surface area contributed by atoms with Gasteiger partial charge in [-0.2, -0.15) is 11.3 Å². The Hall–Kier alpha value is -1.96. The molecule has 3 aromatic rings. The third kappa shape index (κ3) is 2.96. The average molecular weight is 334 g/mol. The first kappa shape index (κ1) is 15.0. The summed E-state index contributed by atoms with van der Waals surface area (Å²) in [5.74, 6) is -0.278. The topological polar surface area (TPSA) is 78.3 Å². The van der Waals surface area contributed by atoms with Crippen LogP contribution < -0.4 is 5.32 Å². The minimum atomic E-state index is -1.11. The fourth-order valence-corrected chi connectivity index (χ4v) is 3.10. The molecule has 0 bridgehead atoms. The molecule has 22 heavy (non-hydrogen) atoms. The molecule has 2 aromatic heterocycles. The summed E-state index contributed by atoms with van der Waals surface area (Å²) in [7, 11) is 0. The smallest absolute Gasteiger partial charge is 0.266 e. The summed E-state index contributed by atoms with van der Waals surface area (Å²) in [6.07, 6.45) is 0. The number of nitrogens with one attached hydrogen (secondary N) is 2. The summed E-state index contributed by atoms with van der Waals surface area (Å²) >= 11 is 6.42. The van der Waals surface area contributed by atoms with E-state index in [1.807, 2.05) is 16.8 Å². The summed E-state index contributed by atoms with van der Waals surface area (Å²) in [4.78, 5) is 15.4. The van der Waals surface area contributed by atoms with Gasteiger partial charge in [0.1, 0.15) is 5.60 Å². The number of H-pyrrole nitrogens is 1. The van der Waals surface area contributed by atoms with Crippen LogP contribution in [0, 0.1) is 4.84 Å². The highest BCUT2D eigenvalue weighted by Gasteiger charge is 2.24. The summed E-state index contributed by atoms with van der Waals surface area (Å²) in [5, 5.41) is 16.9. The van der Waals surface area contributed by atoms with E-state index in [4.69, 9.17) is 16.6 Å². The van der Waals surface area contributed by atoms with Gasteiger partial charge in [-0.3, -0.25) is 4.79 Å². The lowest BCUT2D eigenvalue weighted by Crippen LogP contribution is -2.38. The zero-order chi connectivity index (χ0) is 15.7. The molecule has 2 heterocycles. The van der Waals surface area contributed by atoms with Crippen LogP contribution in [0.2, 0.25) is 0 Å². The van der Waals surface area contributed by atoms with Crippen LogP contribution in [-0.2, 0) is 5.60 Å². The Morgan fingerprint density at radius 1 is 1.50 bits per heavy atom. The van der Waals surface area contributed by atoms with Crippen molar-refractivity contribution >= 4 is 40.6 Å². The van der Waals surface area contributed by atoms with Gasteiger partial charge in [-0.25, -0.2) is 0 Å². The highest BCUT2D eigenvalue weighted by molar-refractivity contribution is 7.71. The second-order valence-corrected chi connectivity index (χ2v) is 6.34. The lowest BCUT2D eigenvalue weighted by atomic mass is 9.99. The quantitative estimate of drug-likeness (QED) is 0.640. The van der Waals surface area contributed by atoms with E-state index in [1.165, 1.54) is 11.3 Å². The van der Waals surface area contributed by atoms with Gasteiger partial charge >= 0.3 is 0 Å². The van der Waals surface area contributed by atoms with E-state index < -0.39 is 5.60 Å². The maximum absolute atomic E-state index is 12.2. The van der Waals surface area contributed by atoms with E-state index in [0.29, 0.717) is 11.1 Å². The zero-order valence-corrected chi connectivity index (χ0v) is 13.4. The molecule has 0 saturated carbocycles. The summed E-state index contributed by atoms with van der Waals surface area (Å²) in [5.41, 5.74) is 1.40. The van der Waals surface area contributed by atoms with Crippen molar-refractivity contribution in [2.24, 2.45) is 0 Å². The first-order chi connectivity index (χ1) is 10.5. The maximum Gasteiger partial charge on any atom is 0.266 e. The molecule has 1 atom stereocenters. The van der Waals surface area contributed by atoms with Gasteiger partial charge in [0, 0.05) is 5.56 Å². The number of oxazole rings is 1. The number of aromatic amines is 1. The number of aromatic nitrogens is 1. The SMILES string of the molecule is CC(O)(CNC(=O)c1ccc2[nH]c(=S)oc2c1)c1ccsc1. The number of benzene rings is 1. The number of hydrogen-bond acceptors (Lipinski definition) is 5. The van der Waals surface area contributed by atoms with Crippen LogP contribution >= 0.6 is 23.6 Å². The lowest BCUT2D eigenvalue weighted by Gasteiger charge is -2.22. The molecule has 3 N–H and O–H groups in total. The van der Waals surface area contributed by atoms with Crippen molar-refractivity contribution in [1.82, 2.24) is 10.3 Å². The zero-order valence-electron chi connectivity index (χ0n) is 11.8. The van der Waals surface area contributed by atoms with E-state index in [9.17, 15) is 9.90 Å². The summed E-state index contributed by atoms with van der Waals surface area (Å²) in [6.45, 7) is 1.79. The Bertz CT molecular complexity index is 862. The molecule has 5 nitrogen and oxygen atoms in total. The van der Waals surface area contributed by atoms with Crippen molar-refractivity contribution in [3.63, 3.8) is 0 Å². The number of thiophene rings is 1. The second-order valence-electron chi connectivity index (χ2n) is 5.19. The number of rotatable bonds is 4. The van der Waals surface area contributed by atoms with Gasteiger partial charge in [0.05, 0.1) is 12.1 Å². The lowest BCUT2D eigenvalue weighted by molar-refractivity contribution is 0.0530. The number of fused-ring (bicyclic) bond motifs is 1. The van der Waals surface area contributed by atoms with Gasteiger partial charge in [-0.15, -0.1) is 0 Å². The van der Waals surface area contributed by atoms with E-state index in [-0.39, 0.29) is 17.3 Å². The molecule has 3 rings (SSSR count). The first-order valence-electron chi connectivity index (χ1n) is 6.62. The van der Waals surface area contributed by atoms with Crippen molar-refractivity contribution in [1.29, 1.82) is 0 Å². The Kier molecular flexibility index (Phi) is 3.86. The monoisotopic (exact) mass is 334 g/mol. The molecule has 0 aliphatic carbocycles. The molecular weight excluding hydrogens is 320 g/mol. The van der Waals surface area contributed by atoms with Crippen molar-refractivity contribution in [3.8, 4) is 0 Å². The molecule has 0 saturated heterocycles. The van der Waals surface area contributed by atoms with E-state index in [2.05, 4.69) is 10.3 Å². The van der Waals surface area contributed by atoms with Gasteiger partial charge in [-0.05, 0) is 59.7 Å². The van der Waals surface area contributed by atoms with Gasteiger partial charge in [0.25, 0.3) is 10.7 Å². The van der Waals surface area contributed by atoms with Gasteiger partial charge < -0.3 is 19.8 Å². The number of hydrogen-bond donors (Lipinski definition) is 3. The van der Waals surface area contributed by atoms with Crippen molar-refractivity contribution < 1.29 is 14.3 Å². The first-order valence-corrected chi connectivity index (χ1v) is 7.97. The third-order valence-electron chi connectivity index (χ3n) is 3.42. The molecule has 1 amide bonds. The number of carbonyl (C=O) groups is 1. The summed E-state index contributed by atoms with van der Waals surface area (Å²) in [6, 6.07) is 6.88. The minimum Gasteiger partial charge on any atom is -0.429 e. The van der Waals surface area contributed by atoms with E-state index in [1.54, 1.807) is 25.1 Å². The fourth-order valence-electron chi connectivity index (χ4n) is 2.11. The molecule has 0 radical (unpaired) electrons. The molecular formula is C15H14N2O3S2. The minimum absolute atomic E-state index is 0.122. The van der Waals surface area contributed by atoms with Crippen LogP contribution in [0.4, 0.5) is 0 Å². The predicted molar refractivity (Wildman–Crippen MR) is 87.6 cm³/mol. The maximum atomic E-state index is 12.2. The van der Waals surface area contributed by atoms with Gasteiger partial charge in [0.2, 0.25) is 0 Å². The van der Waals surface area contributed by atoms with Gasteiger partial charge in [0.15, 0.2) is 5.58 Å². The van der Waals surface area contributed by atoms with Crippen molar-refractivity contribution in [2.75, 3.05) is 6.54 Å². The molecule has 1 unspecified atom stereocenters. The van der Waals surface area contributed by atoms with Crippen LogP contribution in [0.5, 0.6) is 0 Å². The molecule has 0 fully saturated rings. The van der Waals surface area contributed by atoms with Crippen molar-refractivity contribution in [3.05, 3.63) is 51.0 Å². The van der Waals surface area contributed by atoms with Crippen LogP contribution in [0.3, 0.4) is 0 Å². The molecule has 1 aromatic carbocycles. The molecule has 0 spiro atoms. The normalized spacial score (nSPS) is 13.9. The van der Waals surface area contributed by atoms with Crippen LogP contribution in [-0.4, -0.2) is 22.5 Å². The van der Waals surface area contributed by atoms with E-state index in [0.717, 1.165) is 11.1 Å². The third-order valence-corrected chi connectivity index (χ3v) is 4.29. The Labute approximate surface area is 135 Å². The van der Waals surface area contributed by atoms with Crippen molar-refractivity contribution in [2.45, 2.75) is 12.5 Å². The highest BCUT2D eigenvalue weighted by atomic mass is 32.1. The summed E-state index contributed by atoms with van der Waals surface area (Å²) < 4.78 is 5.29. The average Bonchev–Trinajstić information content (AvgIpc) is 3.12. The Morgan fingerprint density at radius 2 is 2.32 bits per heavy atom. The highest BCUT2D eigenvalue weighted by Crippen LogP contribution is 2.22. The predicted octanol–water partition coefficient (Wildman–Crippen LogP) is 3.19. The second kappa shape index (κ2) is 5.68. The molecule has 0 aliphatic rings. The number of amides is 1. The van der Waals surface area contributed by atoms with Crippen LogP contribution in [0.15, 0.2) is 39.4 Å². The van der Waals surface area contributed by atoms with Crippen LogP contribution in [0.25, 0.3) is 11.1 Å².